The zero-order valence-electron chi connectivity index (χ0n) is 16.9. The number of carbonyl (C=O) groups excluding carboxylic acids is 2. The van der Waals surface area contributed by atoms with Crippen LogP contribution in [0.1, 0.15) is 52.2 Å². The number of halogens is 4. The van der Waals surface area contributed by atoms with Crippen molar-refractivity contribution in [1.82, 2.24) is 14.8 Å². The molecule has 2 N–H and O–H groups in total. The van der Waals surface area contributed by atoms with E-state index in [1.807, 2.05) is 0 Å². The van der Waals surface area contributed by atoms with E-state index in [1.54, 1.807) is 0 Å². The van der Waals surface area contributed by atoms with E-state index in [0.29, 0.717) is 18.6 Å². The van der Waals surface area contributed by atoms with Gasteiger partial charge in [0.25, 0.3) is 11.8 Å². The molecule has 0 aliphatic carbocycles. The van der Waals surface area contributed by atoms with Crippen LogP contribution < -0.4 is 10.7 Å². The minimum atomic E-state index is -1.79. The predicted octanol–water partition coefficient (Wildman–Crippen LogP) is 2.42. The number of hydrogen-bond donors (Lipinski definition) is 2. The number of amides is 2. The van der Waals surface area contributed by atoms with Gasteiger partial charge in [-0.3, -0.25) is 14.4 Å². The Morgan fingerprint density at radius 1 is 1.25 bits per heavy atom. The molecule has 7 nitrogen and oxygen atoms in total. The Bertz CT molecular complexity index is 1170. The highest BCUT2D eigenvalue weighted by atomic mass is 19.2. The van der Waals surface area contributed by atoms with Gasteiger partial charge in [-0.05, 0) is 19.8 Å². The van der Waals surface area contributed by atoms with Gasteiger partial charge in [-0.25, -0.2) is 17.6 Å². The van der Waals surface area contributed by atoms with Crippen LogP contribution in [0.3, 0.4) is 0 Å². The number of rotatable bonds is 3. The maximum atomic E-state index is 15.3. The Hall–Kier alpha value is -3.37. The Kier molecular flexibility index (Phi) is 5.22. The third-order valence-electron chi connectivity index (χ3n) is 5.99. The van der Waals surface area contributed by atoms with Crippen LogP contribution in [0, 0.1) is 17.5 Å². The molecule has 2 aliphatic rings. The average molecular weight is 453 g/mol. The molecular weight excluding hydrogens is 434 g/mol. The van der Waals surface area contributed by atoms with E-state index in [0.717, 1.165) is 10.8 Å². The molecule has 1 fully saturated rings. The lowest BCUT2D eigenvalue weighted by Crippen LogP contribution is -2.48. The van der Waals surface area contributed by atoms with Crippen molar-refractivity contribution < 1.29 is 32.3 Å². The fraction of sp³-hybridized carbons (Fsp3) is 0.381. The van der Waals surface area contributed by atoms with E-state index < -0.39 is 75.5 Å². The second kappa shape index (κ2) is 7.64. The Morgan fingerprint density at radius 2 is 1.91 bits per heavy atom. The summed E-state index contributed by atoms with van der Waals surface area (Å²) in [5, 5.41) is 12.6. The monoisotopic (exact) mass is 453 g/mol. The fourth-order valence-corrected chi connectivity index (χ4v) is 4.23. The van der Waals surface area contributed by atoms with E-state index in [2.05, 4.69) is 5.32 Å². The molecular formula is C21H19F4N3O4. The summed E-state index contributed by atoms with van der Waals surface area (Å²) in [6.45, 7) is 0.888. The zero-order valence-corrected chi connectivity index (χ0v) is 16.9. The number of fused-ring (bicyclic) bond motifs is 4. The highest BCUT2D eigenvalue weighted by Gasteiger charge is 2.46. The van der Waals surface area contributed by atoms with Crippen molar-refractivity contribution >= 4 is 11.8 Å². The SMILES string of the molecule is C[C@@]1(F)CCCN2C[C@@H]1n1cc(C(=O)NCc3c(F)cc(F)cc3F)c(=O)c(O)c1C2=O. The summed E-state index contributed by atoms with van der Waals surface area (Å²) in [6, 6.07) is -0.0755. The zero-order chi connectivity index (χ0) is 23.4. The van der Waals surface area contributed by atoms with Gasteiger partial charge < -0.3 is 19.9 Å². The van der Waals surface area contributed by atoms with E-state index in [4.69, 9.17) is 0 Å². The molecule has 4 rings (SSSR count). The molecule has 170 valence electrons. The van der Waals surface area contributed by atoms with Gasteiger partial charge >= 0.3 is 0 Å². The standard InChI is InChI=1S/C21H19F4N3O4/c1-21(25)3-2-4-27-9-15(21)28-8-12(17(29)18(30)16(28)20(27)32)19(31)26-7-11-13(23)5-10(22)6-14(11)24/h5-6,8,15,30H,2-4,7,9H2,1H3,(H,26,31)/t15-,21+/m0/s1. The molecule has 1 aromatic carbocycles. The maximum Gasteiger partial charge on any atom is 0.274 e. The second-order valence-electron chi connectivity index (χ2n) is 8.16. The summed E-state index contributed by atoms with van der Waals surface area (Å²) in [7, 11) is 0. The number of hydrogen-bond acceptors (Lipinski definition) is 4. The predicted molar refractivity (Wildman–Crippen MR) is 104 cm³/mol. The highest BCUT2D eigenvalue weighted by Crippen LogP contribution is 2.40. The number of pyridine rings is 1. The van der Waals surface area contributed by atoms with Gasteiger partial charge in [0.1, 0.15) is 28.7 Å². The van der Waals surface area contributed by atoms with Crippen molar-refractivity contribution in [2.45, 2.75) is 38.0 Å². The van der Waals surface area contributed by atoms with Crippen molar-refractivity contribution in [3.05, 3.63) is 62.8 Å². The lowest BCUT2D eigenvalue weighted by atomic mass is 9.92. The quantitative estimate of drug-likeness (QED) is 0.699. The summed E-state index contributed by atoms with van der Waals surface area (Å²) in [6.07, 6.45) is 1.49. The van der Waals surface area contributed by atoms with E-state index in [-0.39, 0.29) is 19.5 Å². The molecule has 2 aliphatic heterocycles. The van der Waals surface area contributed by atoms with Crippen molar-refractivity contribution in [2.24, 2.45) is 0 Å². The third-order valence-corrected chi connectivity index (χ3v) is 5.99. The Balaban J connectivity index is 1.72. The molecule has 1 saturated heterocycles. The second-order valence-corrected chi connectivity index (χ2v) is 8.16. The Morgan fingerprint density at radius 3 is 2.56 bits per heavy atom. The largest absolute Gasteiger partial charge is 0.503 e. The van der Waals surface area contributed by atoms with Gasteiger partial charge in [-0.15, -0.1) is 0 Å². The molecule has 2 aromatic rings. The third kappa shape index (κ3) is 3.51. The number of alkyl halides is 1. The smallest absolute Gasteiger partial charge is 0.274 e. The number of aromatic nitrogens is 1. The van der Waals surface area contributed by atoms with Crippen LogP contribution in [0.25, 0.3) is 0 Å². The Labute approximate surface area is 179 Å². The molecule has 2 amide bonds. The molecule has 0 spiro atoms. The number of aromatic hydroxyl groups is 1. The molecule has 1 aromatic heterocycles. The van der Waals surface area contributed by atoms with E-state index in [1.165, 1.54) is 11.8 Å². The highest BCUT2D eigenvalue weighted by molar-refractivity contribution is 5.99. The minimum Gasteiger partial charge on any atom is -0.503 e. The van der Waals surface area contributed by atoms with Crippen LogP contribution in [0.15, 0.2) is 23.1 Å². The molecule has 11 heteroatoms. The van der Waals surface area contributed by atoms with Crippen LogP contribution in [0.4, 0.5) is 17.6 Å². The van der Waals surface area contributed by atoms with Gasteiger partial charge in [0.05, 0.1) is 6.04 Å². The van der Waals surface area contributed by atoms with Crippen LogP contribution in [-0.4, -0.2) is 45.1 Å². The number of benzene rings is 1. The molecule has 0 unspecified atom stereocenters. The minimum absolute atomic E-state index is 0.00575. The van der Waals surface area contributed by atoms with Crippen molar-refractivity contribution in [3.8, 4) is 5.75 Å². The van der Waals surface area contributed by atoms with Crippen molar-refractivity contribution in [3.63, 3.8) is 0 Å². The molecule has 0 saturated carbocycles. The molecule has 0 radical (unpaired) electrons. The van der Waals surface area contributed by atoms with Crippen molar-refractivity contribution in [2.75, 3.05) is 13.1 Å². The van der Waals surface area contributed by atoms with Gasteiger partial charge in [0.15, 0.2) is 11.4 Å². The first-order chi connectivity index (χ1) is 15.0. The molecule has 2 bridgehead atoms. The summed E-state index contributed by atoms with van der Waals surface area (Å²) < 4.78 is 57.1. The average Bonchev–Trinajstić information content (AvgIpc) is 2.84. The van der Waals surface area contributed by atoms with Crippen LogP contribution in [-0.2, 0) is 6.54 Å². The van der Waals surface area contributed by atoms with Crippen LogP contribution >= 0.6 is 0 Å². The molecule has 2 atom stereocenters. The summed E-state index contributed by atoms with van der Waals surface area (Å²) in [5.41, 5.74) is -4.64. The lowest BCUT2D eigenvalue weighted by Gasteiger charge is -2.38. The number of nitrogens with one attached hydrogen (secondary N) is 1. The summed E-state index contributed by atoms with van der Waals surface area (Å²) in [4.78, 5) is 39.3. The molecule has 3 heterocycles. The van der Waals surface area contributed by atoms with Crippen LogP contribution in [0.2, 0.25) is 0 Å². The number of nitrogens with zero attached hydrogens (tertiary/aromatic N) is 2. The topological polar surface area (TPSA) is 91.6 Å². The normalized spacial score (nSPS) is 22.3. The van der Waals surface area contributed by atoms with Gasteiger partial charge in [0, 0.05) is 43.5 Å². The maximum absolute atomic E-state index is 15.3. The van der Waals surface area contributed by atoms with Crippen molar-refractivity contribution in [1.29, 1.82) is 0 Å². The van der Waals surface area contributed by atoms with E-state index in [9.17, 15) is 32.7 Å². The number of carbonyl (C=O) groups is 2. The first-order valence-corrected chi connectivity index (χ1v) is 9.89. The van der Waals surface area contributed by atoms with Gasteiger partial charge in [-0.2, -0.15) is 0 Å². The van der Waals surface area contributed by atoms with Gasteiger partial charge in [0.2, 0.25) is 5.43 Å². The first kappa shape index (κ1) is 21.8. The van der Waals surface area contributed by atoms with Gasteiger partial charge in [-0.1, -0.05) is 0 Å². The summed E-state index contributed by atoms with van der Waals surface area (Å²) >= 11 is 0. The van der Waals surface area contributed by atoms with E-state index >= 15 is 4.39 Å². The fourth-order valence-electron chi connectivity index (χ4n) is 4.23. The molecule has 32 heavy (non-hydrogen) atoms. The van der Waals surface area contributed by atoms with Crippen LogP contribution in [0.5, 0.6) is 5.75 Å². The first-order valence-electron chi connectivity index (χ1n) is 9.89. The summed E-state index contributed by atoms with van der Waals surface area (Å²) in [5.74, 6) is -6.36. The lowest BCUT2D eigenvalue weighted by molar-refractivity contribution is 0.0520.